The van der Waals surface area contributed by atoms with Crippen molar-refractivity contribution >= 4 is 10.0 Å². The first-order chi connectivity index (χ1) is 8.92. The van der Waals surface area contributed by atoms with E-state index in [0.717, 1.165) is 11.8 Å². The van der Waals surface area contributed by atoms with Crippen LogP contribution in [-0.4, -0.2) is 20.9 Å². The predicted molar refractivity (Wildman–Crippen MR) is 78.0 cm³/mol. The molecule has 0 radical (unpaired) electrons. The van der Waals surface area contributed by atoms with Crippen molar-refractivity contribution in [2.45, 2.75) is 83.2 Å². The number of rotatable bonds is 4. The van der Waals surface area contributed by atoms with Crippen LogP contribution in [0.25, 0.3) is 0 Å². The highest BCUT2D eigenvalue weighted by Gasteiger charge is 2.30. The zero-order chi connectivity index (χ0) is 12.6. The quantitative estimate of drug-likeness (QED) is 0.627. The molecule has 0 atom stereocenters. The molecule has 0 unspecified atom stereocenters. The van der Waals surface area contributed by atoms with Crippen LogP contribution in [0.15, 0.2) is 0 Å². The van der Waals surface area contributed by atoms with Gasteiger partial charge in [-0.1, -0.05) is 51.4 Å². The fourth-order valence-corrected chi connectivity index (χ4v) is 4.74. The van der Waals surface area contributed by atoms with Gasteiger partial charge < -0.3 is 9.22 Å². The zero-order valence-electron chi connectivity index (χ0n) is 11.8. The van der Waals surface area contributed by atoms with E-state index in [1.165, 1.54) is 77.0 Å². The summed E-state index contributed by atoms with van der Waals surface area (Å²) in [5.74, 6) is 1.49. The molecule has 0 aliphatic heterocycles. The second-order valence-electron chi connectivity index (χ2n) is 6.26. The smallest absolute Gasteiger partial charge is 0.302 e. The lowest BCUT2D eigenvalue weighted by Crippen LogP contribution is -2.33. The van der Waals surface area contributed by atoms with Crippen LogP contribution in [0, 0.1) is 11.8 Å². The Morgan fingerprint density at radius 1 is 0.722 bits per heavy atom. The van der Waals surface area contributed by atoms with Crippen LogP contribution in [-0.2, 0) is 4.43 Å². The van der Waals surface area contributed by atoms with E-state index in [0.29, 0.717) is 6.10 Å². The van der Waals surface area contributed by atoms with Gasteiger partial charge in [-0.2, -0.15) is 0 Å². The summed E-state index contributed by atoms with van der Waals surface area (Å²) < 4.78 is 5.93. The van der Waals surface area contributed by atoms with Crippen LogP contribution >= 0.6 is 0 Å². The van der Waals surface area contributed by atoms with Crippen LogP contribution in [0.4, 0.5) is 0 Å². The Labute approximate surface area is 115 Å². The van der Waals surface area contributed by atoms with Gasteiger partial charge in [0.1, 0.15) is 0 Å². The van der Waals surface area contributed by atoms with Crippen molar-refractivity contribution in [3.63, 3.8) is 0 Å². The monoisotopic (exact) mass is 270 g/mol. The van der Waals surface area contributed by atoms with Gasteiger partial charge in [0.2, 0.25) is 0 Å². The Bertz CT molecular complexity index is 187. The zero-order valence-corrected chi connectivity index (χ0v) is 13.2. The summed E-state index contributed by atoms with van der Waals surface area (Å²) in [5.41, 5.74) is 0. The molecule has 0 aromatic carbocycles. The van der Waals surface area contributed by atoms with Gasteiger partial charge in [0.05, 0.1) is 6.10 Å². The van der Waals surface area contributed by atoms with Crippen molar-refractivity contribution in [1.82, 2.24) is 0 Å². The van der Waals surface area contributed by atoms with Crippen molar-refractivity contribution < 1.29 is 9.22 Å². The molecule has 0 aromatic rings. The van der Waals surface area contributed by atoms with Crippen LogP contribution in [0.5, 0.6) is 0 Å². The lowest BCUT2D eigenvalue weighted by Gasteiger charge is -2.33. The van der Waals surface area contributed by atoms with Crippen molar-refractivity contribution in [2.75, 3.05) is 0 Å². The van der Waals surface area contributed by atoms with Gasteiger partial charge >= 0.3 is 10.0 Å². The van der Waals surface area contributed by atoms with Crippen molar-refractivity contribution in [3.05, 3.63) is 0 Å². The minimum atomic E-state index is -1.25. The SMILES string of the molecule is O[SiH2]OC(C1CCCCCC1)C1CCCCCC1. The van der Waals surface area contributed by atoms with E-state index in [1.807, 2.05) is 0 Å². The summed E-state index contributed by atoms with van der Waals surface area (Å²) in [6.07, 6.45) is 16.9. The maximum atomic E-state index is 9.36. The Balaban J connectivity index is 1.95. The fraction of sp³-hybridized carbons (Fsp3) is 1.00. The highest BCUT2D eigenvalue weighted by Crippen LogP contribution is 2.35. The second-order valence-corrected chi connectivity index (χ2v) is 6.86. The molecular weight excluding hydrogens is 240 g/mol. The molecule has 0 heterocycles. The molecule has 2 nitrogen and oxygen atoms in total. The molecule has 3 heteroatoms. The average molecular weight is 270 g/mol. The third-order valence-corrected chi connectivity index (χ3v) is 5.53. The van der Waals surface area contributed by atoms with Gasteiger partial charge in [-0.15, -0.1) is 0 Å². The van der Waals surface area contributed by atoms with E-state index < -0.39 is 10.0 Å². The predicted octanol–water partition coefficient (Wildman–Crippen LogP) is 3.30. The average Bonchev–Trinajstić information content (AvgIpc) is 2.80. The first-order valence-electron chi connectivity index (χ1n) is 8.14. The third kappa shape index (κ3) is 4.36. The van der Waals surface area contributed by atoms with E-state index in [1.54, 1.807) is 0 Å². The summed E-state index contributed by atoms with van der Waals surface area (Å²) in [7, 11) is -1.25. The molecule has 0 spiro atoms. The van der Waals surface area contributed by atoms with E-state index in [9.17, 15) is 4.80 Å². The number of hydrogen-bond acceptors (Lipinski definition) is 2. The van der Waals surface area contributed by atoms with E-state index in [-0.39, 0.29) is 0 Å². The Kier molecular flexibility index (Phi) is 6.74. The molecule has 2 aliphatic carbocycles. The Morgan fingerprint density at radius 3 is 1.44 bits per heavy atom. The molecular formula is C15H30O2Si. The van der Waals surface area contributed by atoms with Gasteiger partial charge in [-0.3, -0.25) is 0 Å². The van der Waals surface area contributed by atoms with E-state index in [4.69, 9.17) is 4.43 Å². The molecule has 0 amide bonds. The van der Waals surface area contributed by atoms with Gasteiger partial charge in [0.25, 0.3) is 0 Å². The maximum Gasteiger partial charge on any atom is 0.302 e. The standard InChI is InChI=1S/C15H30O2Si/c16-18-17-15(13-9-5-1-2-6-10-13)14-11-7-3-4-8-12-14/h13-16H,1-12,18H2. The molecule has 2 rings (SSSR count). The highest BCUT2D eigenvalue weighted by molar-refractivity contribution is 6.15. The molecule has 0 bridgehead atoms. The maximum absolute atomic E-state index is 9.36. The highest BCUT2D eigenvalue weighted by atomic mass is 28.2. The Morgan fingerprint density at radius 2 is 1.11 bits per heavy atom. The van der Waals surface area contributed by atoms with Crippen molar-refractivity contribution in [2.24, 2.45) is 11.8 Å². The summed E-state index contributed by atoms with van der Waals surface area (Å²) in [6.45, 7) is 0. The minimum absolute atomic E-state index is 0.401. The topological polar surface area (TPSA) is 29.5 Å². The molecule has 18 heavy (non-hydrogen) atoms. The van der Waals surface area contributed by atoms with Crippen LogP contribution < -0.4 is 0 Å². The minimum Gasteiger partial charge on any atom is -0.415 e. The largest absolute Gasteiger partial charge is 0.415 e. The molecule has 1 N–H and O–H groups in total. The third-order valence-electron chi connectivity index (χ3n) is 5.00. The first kappa shape index (κ1) is 14.5. The second kappa shape index (κ2) is 8.34. The van der Waals surface area contributed by atoms with Gasteiger partial charge in [-0.25, -0.2) is 0 Å². The Hall–Kier alpha value is 0.137. The van der Waals surface area contributed by atoms with Gasteiger partial charge in [0, 0.05) is 0 Å². The lowest BCUT2D eigenvalue weighted by molar-refractivity contribution is 0.0495. The number of hydrogen-bond donors (Lipinski definition) is 1. The fourth-order valence-electron chi connectivity index (χ4n) is 4.02. The summed E-state index contributed by atoms with van der Waals surface area (Å²) in [6, 6.07) is 0. The lowest BCUT2D eigenvalue weighted by atomic mass is 9.82. The van der Waals surface area contributed by atoms with Crippen LogP contribution in [0.1, 0.15) is 77.0 Å². The molecule has 0 aromatic heterocycles. The van der Waals surface area contributed by atoms with E-state index >= 15 is 0 Å². The molecule has 106 valence electrons. The summed E-state index contributed by atoms with van der Waals surface area (Å²) in [4.78, 5) is 9.36. The molecule has 2 aliphatic rings. The van der Waals surface area contributed by atoms with Gasteiger partial charge in [0.15, 0.2) is 0 Å². The summed E-state index contributed by atoms with van der Waals surface area (Å²) in [5, 5.41) is 0. The van der Waals surface area contributed by atoms with Crippen molar-refractivity contribution in [1.29, 1.82) is 0 Å². The molecule has 0 saturated heterocycles. The normalized spacial score (nSPS) is 25.7. The summed E-state index contributed by atoms with van der Waals surface area (Å²) >= 11 is 0. The molecule has 2 fully saturated rings. The van der Waals surface area contributed by atoms with Crippen LogP contribution in [0.3, 0.4) is 0 Å². The van der Waals surface area contributed by atoms with Crippen LogP contribution in [0.2, 0.25) is 0 Å². The van der Waals surface area contributed by atoms with Gasteiger partial charge in [-0.05, 0) is 37.5 Å². The van der Waals surface area contributed by atoms with Crippen molar-refractivity contribution in [3.8, 4) is 0 Å². The van der Waals surface area contributed by atoms with E-state index in [2.05, 4.69) is 0 Å². The first-order valence-corrected chi connectivity index (χ1v) is 9.35. The molecule has 2 saturated carbocycles.